The summed E-state index contributed by atoms with van der Waals surface area (Å²) >= 11 is 1.38. The Morgan fingerprint density at radius 2 is 2.16 bits per heavy atom. The highest BCUT2D eigenvalue weighted by molar-refractivity contribution is 7.11. The van der Waals surface area contributed by atoms with E-state index in [0.717, 1.165) is 19.6 Å². The van der Waals surface area contributed by atoms with Crippen LogP contribution in [-0.2, 0) is 4.79 Å². The van der Waals surface area contributed by atoms with Crippen molar-refractivity contribution in [3.8, 4) is 0 Å². The molecule has 0 bridgehead atoms. The van der Waals surface area contributed by atoms with E-state index in [9.17, 15) is 9.59 Å². The molecule has 1 atom stereocenters. The lowest BCUT2D eigenvalue weighted by Gasteiger charge is -2.37. The van der Waals surface area contributed by atoms with Gasteiger partial charge in [-0.25, -0.2) is 4.98 Å². The zero-order chi connectivity index (χ0) is 13.2. The molecular formula is C12H16N4O2S. The molecular weight excluding hydrogens is 264 g/mol. The number of thiazole rings is 1. The van der Waals surface area contributed by atoms with Crippen molar-refractivity contribution >= 4 is 23.2 Å². The van der Waals surface area contributed by atoms with Gasteiger partial charge in [0.05, 0.1) is 0 Å². The number of rotatable bonds is 2. The maximum absolute atomic E-state index is 12.1. The van der Waals surface area contributed by atoms with Gasteiger partial charge in [0.2, 0.25) is 5.91 Å². The van der Waals surface area contributed by atoms with Crippen molar-refractivity contribution in [2.75, 3.05) is 32.7 Å². The molecule has 3 heterocycles. The minimum absolute atomic E-state index is 0.0234. The lowest BCUT2D eigenvalue weighted by atomic mass is 10.2. The molecule has 7 heteroatoms. The molecule has 0 radical (unpaired) electrons. The lowest BCUT2D eigenvalue weighted by molar-refractivity contribution is -0.119. The maximum atomic E-state index is 12.1. The Hall–Kier alpha value is -1.47. The summed E-state index contributed by atoms with van der Waals surface area (Å²) in [6.45, 7) is 3.82. The molecule has 2 amide bonds. The molecule has 19 heavy (non-hydrogen) atoms. The Kier molecular flexibility index (Phi) is 3.48. The second kappa shape index (κ2) is 5.26. The van der Waals surface area contributed by atoms with E-state index in [1.54, 1.807) is 6.20 Å². The first kappa shape index (κ1) is 12.6. The van der Waals surface area contributed by atoms with Crippen molar-refractivity contribution in [1.29, 1.82) is 0 Å². The first-order chi connectivity index (χ1) is 9.24. The van der Waals surface area contributed by atoms with Crippen molar-refractivity contribution in [2.24, 2.45) is 0 Å². The molecule has 1 aromatic heterocycles. The van der Waals surface area contributed by atoms with Gasteiger partial charge in [-0.15, -0.1) is 11.3 Å². The third-order valence-electron chi connectivity index (χ3n) is 3.69. The maximum Gasteiger partial charge on any atom is 0.282 e. The normalized spacial score (nSPS) is 24.5. The highest BCUT2D eigenvalue weighted by Gasteiger charge is 2.31. The molecule has 0 saturated carbocycles. The molecule has 2 saturated heterocycles. The van der Waals surface area contributed by atoms with Crippen LogP contribution in [0, 0.1) is 0 Å². The van der Waals surface area contributed by atoms with E-state index in [0.29, 0.717) is 30.6 Å². The standard InChI is InChI=1S/C12H16N4O2S/c17-10-7-9(8-14-10)15-2-4-16(5-3-15)12(18)11-13-1-6-19-11/h1,6,9H,2-5,7-8H2,(H,14,17)/t9-/m1/s1. The fourth-order valence-electron chi connectivity index (χ4n) is 2.60. The molecule has 3 rings (SSSR count). The number of carbonyl (C=O) groups is 2. The first-order valence-corrected chi connectivity index (χ1v) is 7.31. The molecule has 6 nitrogen and oxygen atoms in total. The second-order valence-corrected chi connectivity index (χ2v) is 5.72. The van der Waals surface area contributed by atoms with E-state index in [4.69, 9.17) is 0 Å². The van der Waals surface area contributed by atoms with Gasteiger partial charge in [0.15, 0.2) is 5.01 Å². The number of piperazine rings is 1. The van der Waals surface area contributed by atoms with Crippen molar-refractivity contribution in [2.45, 2.75) is 12.5 Å². The molecule has 2 fully saturated rings. The Morgan fingerprint density at radius 1 is 1.37 bits per heavy atom. The zero-order valence-electron chi connectivity index (χ0n) is 10.5. The van der Waals surface area contributed by atoms with Gasteiger partial charge in [-0.3, -0.25) is 14.5 Å². The van der Waals surface area contributed by atoms with Gasteiger partial charge < -0.3 is 10.2 Å². The van der Waals surface area contributed by atoms with E-state index in [1.165, 1.54) is 11.3 Å². The zero-order valence-corrected chi connectivity index (χ0v) is 11.4. The van der Waals surface area contributed by atoms with Gasteiger partial charge in [-0.1, -0.05) is 0 Å². The van der Waals surface area contributed by atoms with Crippen molar-refractivity contribution in [3.05, 3.63) is 16.6 Å². The predicted octanol–water partition coefficient (Wildman–Crippen LogP) is -0.211. The Balaban J connectivity index is 1.55. The number of nitrogens with one attached hydrogen (secondary N) is 1. The monoisotopic (exact) mass is 280 g/mol. The van der Waals surface area contributed by atoms with Crippen LogP contribution in [0.1, 0.15) is 16.2 Å². The Labute approximate surface area is 115 Å². The minimum Gasteiger partial charge on any atom is -0.354 e. The van der Waals surface area contributed by atoms with Gasteiger partial charge in [-0.2, -0.15) is 0 Å². The fourth-order valence-corrected chi connectivity index (χ4v) is 3.20. The van der Waals surface area contributed by atoms with Crippen molar-refractivity contribution < 1.29 is 9.59 Å². The summed E-state index contributed by atoms with van der Waals surface area (Å²) in [5, 5.41) is 5.23. The summed E-state index contributed by atoms with van der Waals surface area (Å²) in [4.78, 5) is 31.5. The molecule has 1 N–H and O–H groups in total. The molecule has 0 spiro atoms. The average Bonchev–Trinajstić information content (AvgIpc) is 3.09. The van der Waals surface area contributed by atoms with Gasteiger partial charge in [-0.05, 0) is 0 Å². The van der Waals surface area contributed by atoms with Crippen LogP contribution in [0.5, 0.6) is 0 Å². The van der Waals surface area contributed by atoms with Gasteiger partial charge in [0.1, 0.15) is 0 Å². The van der Waals surface area contributed by atoms with E-state index in [2.05, 4.69) is 15.2 Å². The number of hydrogen-bond acceptors (Lipinski definition) is 5. The molecule has 1 aromatic rings. The van der Waals surface area contributed by atoms with Crippen LogP contribution in [0.4, 0.5) is 0 Å². The van der Waals surface area contributed by atoms with E-state index < -0.39 is 0 Å². The largest absolute Gasteiger partial charge is 0.354 e. The van der Waals surface area contributed by atoms with Crippen molar-refractivity contribution in [3.63, 3.8) is 0 Å². The predicted molar refractivity (Wildman–Crippen MR) is 71.0 cm³/mol. The van der Waals surface area contributed by atoms with Crippen molar-refractivity contribution in [1.82, 2.24) is 20.1 Å². The topological polar surface area (TPSA) is 65.5 Å². The number of nitrogens with zero attached hydrogens (tertiary/aromatic N) is 3. The quantitative estimate of drug-likeness (QED) is 0.814. The van der Waals surface area contributed by atoms with Crippen LogP contribution in [0.15, 0.2) is 11.6 Å². The highest BCUT2D eigenvalue weighted by atomic mass is 32.1. The van der Waals surface area contributed by atoms with E-state index in [-0.39, 0.29) is 11.8 Å². The summed E-state index contributed by atoms with van der Waals surface area (Å²) in [6, 6.07) is 0.296. The second-order valence-electron chi connectivity index (χ2n) is 4.83. The number of carbonyl (C=O) groups excluding carboxylic acids is 2. The number of hydrogen-bond donors (Lipinski definition) is 1. The van der Waals surface area contributed by atoms with Crippen LogP contribution in [0.25, 0.3) is 0 Å². The van der Waals surface area contributed by atoms with Crippen LogP contribution < -0.4 is 5.32 Å². The molecule has 2 aliphatic rings. The molecule has 0 unspecified atom stereocenters. The lowest BCUT2D eigenvalue weighted by Crippen LogP contribution is -2.52. The third kappa shape index (κ3) is 2.62. The van der Waals surface area contributed by atoms with E-state index >= 15 is 0 Å². The highest BCUT2D eigenvalue weighted by Crippen LogP contribution is 2.15. The average molecular weight is 280 g/mol. The summed E-state index contributed by atoms with van der Waals surface area (Å²) in [5.41, 5.74) is 0. The summed E-state index contributed by atoms with van der Waals surface area (Å²) < 4.78 is 0. The number of aromatic nitrogens is 1. The van der Waals surface area contributed by atoms with Crippen LogP contribution in [0.3, 0.4) is 0 Å². The first-order valence-electron chi connectivity index (χ1n) is 6.43. The SMILES string of the molecule is O=C1C[C@@H](N2CCN(C(=O)c3nccs3)CC2)CN1. The third-order valence-corrected chi connectivity index (χ3v) is 4.45. The number of amides is 2. The minimum atomic E-state index is 0.0234. The van der Waals surface area contributed by atoms with Gasteiger partial charge >= 0.3 is 0 Å². The molecule has 102 valence electrons. The summed E-state index contributed by atoms with van der Waals surface area (Å²) in [5.74, 6) is 0.154. The van der Waals surface area contributed by atoms with Gasteiger partial charge in [0.25, 0.3) is 5.91 Å². The van der Waals surface area contributed by atoms with Crippen LogP contribution >= 0.6 is 11.3 Å². The summed E-state index contributed by atoms with van der Waals surface area (Å²) in [6.07, 6.45) is 2.24. The molecule has 2 aliphatic heterocycles. The Bertz CT molecular complexity index is 468. The molecule has 0 aliphatic carbocycles. The van der Waals surface area contributed by atoms with Crippen LogP contribution in [-0.4, -0.2) is 65.4 Å². The van der Waals surface area contributed by atoms with Crippen LogP contribution in [0.2, 0.25) is 0 Å². The smallest absolute Gasteiger partial charge is 0.282 e. The van der Waals surface area contributed by atoms with Gasteiger partial charge in [0, 0.05) is 56.8 Å². The van der Waals surface area contributed by atoms with E-state index in [1.807, 2.05) is 10.3 Å². The molecule has 0 aromatic carbocycles. The summed E-state index contributed by atoms with van der Waals surface area (Å²) in [7, 11) is 0. The fraction of sp³-hybridized carbons (Fsp3) is 0.583. The Morgan fingerprint density at radius 3 is 2.74 bits per heavy atom.